The number of phenolic OH excluding ortho intramolecular Hbond substituents is 1. The second-order valence-electron chi connectivity index (χ2n) is 5.49. The van der Waals surface area contributed by atoms with Crippen LogP contribution in [0, 0.1) is 0 Å². The Hall–Kier alpha value is -2.73. The average molecular weight is 370 g/mol. The van der Waals surface area contributed by atoms with Crippen molar-refractivity contribution in [2.24, 2.45) is 5.10 Å². The van der Waals surface area contributed by atoms with Gasteiger partial charge in [-0.3, -0.25) is 4.79 Å². The number of nitrogens with one attached hydrogen (secondary N) is 1. The van der Waals surface area contributed by atoms with Gasteiger partial charge in [0.25, 0.3) is 5.91 Å². The van der Waals surface area contributed by atoms with Crippen LogP contribution in [-0.4, -0.2) is 29.1 Å². The first-order chi connectivity index (χ1) is 12.6. The quantitative estimate of drug-likeness (QED) is 0.401. The van der Waals surface area contributed by atoms with Crippen LogP contribution in [0.4, 0.5) is 0 Å². The van der Waals surface area contributed by atoms with Gasteiger partial charge in [-0.05, 0) is 24.6 Å². The van der Waals surface area contributed by atoms with Crippen molar-refractivity contribution >= 4 is 23.9 Å². The number of ether oxygens (including phenoxy) is 1. The first kappa shape index (κ1) is 19.6. The summed E-state index contributed by atoms with van der Waals surface area (Å²) < 4.78 is 5.33. The number of rotatable bonds is 9. The molecule has 0 spiro atoms. The fourth-order valence-electron chi connectivity index (χ4n) is 2.01. The molecule has 26 heavy (non-hydrogen) atoms. The Kier molecular flexibility index (Phi) is 7.76. The molecule has 1 atom stereocenters. The summed E-state index contributed by atoms with van der Waals surface area (Å²) in [7, 11) is 0. The number of thioether (sulfide) groups is 1. The predicted octanol–water partition coefficient (Wildman–Crippen LogP) is 3.73. The van der Waals surface area contributed by atoms with Crippen LogP contribution in [0.1, 0.15) is 18.1 Å². The highest BCUT2D eigenvalue weighted by atomic mass is 32.2. The summed E-state index contributed by atoms with van der Waals surface area (Å²) in [6, 6.07) is 14.8. The number of nitrogens with zero attached hydrogens (tertiary/aromatic N) is 1. The number of hydrazone groups is 1. The van der Waals surface area contributed by atoms with Gasteiger partial charge in [0.15, 0.2) is 0 Å². The zero-order chi connectivity index (χ0) is 18.8. The van der Waals surface area contributed by atoms with Gasteiger partial charge < -0.3 is 9.84 Å². The first-order valence-electron chi connectivity index (χ1n) is 8.15. The van der Waals surface area contributed by atoms with Crippen LogP contribution in [0.25, 0.3) is 0 Å². The smallest absolute Gasteiger partial charge is 0.252 e. The molecular formula is C20H22N2O3S. The summed E-state index contributed by atoms with van der Waals surface area (Å²) in [6.07, 6.45) is 3.03. The highest BCUT2D eigenvalue weighted by molar-refractivity contribution is 7.99. The number of aromatic hydroxyl groups is 1. The topological polar surface area (TPSA) is 70.9 Å². The summed E-state index contributed by atoms with van der Waals surface area (Å²) >= 11 is 1.54. The molecule has 0 aliphatic heterocycles. The third-order valence-electron chi connectivity index (χ3n) is 3.46. The third kappa shape index (κ3) is 6.29. The molecule has 2 rings (SSSR count). The monoisotopic (exact) mass is 370 g/mol. The Balaban J connectivity index is 1.83. The van der Waals surface area contributed by atoms with E-state index < -0.39 is 0 Å². The van der Waals surface area contributed by atoms with Crippen molar-refractivity contribution in [2.75, 3.05) is 6.61 Å². The molecule has 136 valence electrons. The maximum absolute atomic E-state index is 12.1. The van der Waals surface area contributed by atoms with E-state index >= 15 is 0 Å². The first-order valence-corrected chi connectivity index (χ1v) is 9.20. The molecular weight excluding hydrogens is 348 g/mol. The second kappa shape index (κ2) is 10.3. The lowest BCUT2D eigenvalue weighted by molar-refractivity contribution is -0.120. The largest absolute Gasteiger partial charge is 0.507 e. The maximum atomic E-state index is 12.1. The molecule has 2 aromatic carbocycles. The molecule has 1 amide bonds. The summed E-state index contributed by atoms with van der Waals surface area (Å²) in [5.41, 5.74) is 4.15. The molecule has 0 aromatic heterocycles. The van der Waals surface area contributed by atoms with Gasteiger partial charge in [0.2, 0.25) is 0 Å². The molecule has 0 saturated heterocycles. The van der Waals surface area contributed by atoms with Crippen molar-refractivity contribution < 1.29 is 14.6 Å². The van der Waals surface area contributed by atoms with Crippen molar-refractivity contribution in [3.8, 4) is 11.5 Å². The van der Waals surface area contributed by atoms with Crippen LogP contribution in [0.2, 0.25) is 0 Å². The number of carbonyl (C=O) groups is 1. The van der Waals surface area contributed by atoms with Crippen LogP contribution < -0.4 is 10.2 Å². The van der Waals surface area contributed by atoms with Crippen molar-refractivity contribution in [3.05, 3.63) is 72.3 Å². The van der Waals surface area contributed by atoms with Gasteiger partial charge >= 0.3 is 0 Å². The average Bonchev–Trinajstić information content (AvgIpc) is 2.66. The van der Waals surface area contributed by atoms with E-state index in [1.54, 1.807) is 18.2 Å². The van der Waals surface area contributed by atoms with Crippen LogP contribution in [0.3, 0.4) is 0 Å². The minimum absolute atomic E-state index is 0.0241. The van der Waals surface area contributed by atoms with E-state index in [-0.39, 0.29) is 16.9 Å². The molecule has 2 N–H and O–H groups in total. The van der Waals surface area contributed by atoms with E-state index in [9.17, 15) is 9.90 Å². The molecule has 2 aromatic rings. The second-order valence-corrected chi connectivity index (χ2v) is 6.82. The summed E-state index contributed by atoms with van der Waals surface area (Å²) in [4.78, 5) is 12.1. The van der Waals surface area contributed by atoms with E-state index in [0.717, 1.165) is 5.75 Å². The van der Waals surface area contributed by atoms with Gasteiger partial charge in [-0.25, -0.2) is 5.43 Å². The number of hydrogen-bond donors (Lipinski definition) is 2. The number of phenols is 1. The predicted molar refractivity (Wildman–Crippen MR) is 107 cm³/mol. The minimum Gasteiger partial charge on any atom is -0.507 e. The molecule has 0 saturated carbocycles. The zero-order valence-electron chi connectivity index (χ0n) is 14.6. The molecule has 0 aliphatic rings. The standard InChI is InChI=1S/C20H22N2O3S/c1-3-11-25-18-10-9-17(19(23)12-18)13-21-22-20(24)15(2)26-14-16-7-5-4-6-8-16/h3-10,12-13,15,23H,1,11,14H2,2H3,(H,22,24)/b21-13-/t15-/m0/s1. The van der Waals surface area contributed by atoms with Crippen molar-refractivity contribution in [1.82, 2.24) is 5.43 Å². The Morgan fingerprint density at radius 2 is 2.12 bits per heavy atom. The van der Waals surface area contributed by atoms with E-state index in [1.165, 1.54) is 29.6 Å². The summed E-state index contributed by atoms with van der Waals surface area (Å²) in [5, 5.41) is 13.6. The van der Waals surface area contributed by atoms with Gasteiger partial charge in [-0.1, -0.05) is 43.0 Å². The Labute approximate surface area is 157 Å². The lowest BCUT2D eigenvalue weighted by Gasteiger charge is -2.09. The highest BCUT2D eigenvalue weighted by Crippen LogP contribution is 2.22. The van der Waals surface area contributed by atoms with Gasteiger partial charge in [0.05, 0.1) is 11.5 Å². The van der Waals surface area contributed by atoms with Crippen molar-refractivity contribution in [2.45, 2.75) is 17.9 Å². The summed E-state index contributed by atoms with van der Waals surface area (Å²) in [6.45, 7) is 5.76. The normalized spacial score (nSPS) is 11.9. The highest BCUT2D eigenvalue weighted by Gasteiger charge is 2.12. The molecule has 0 unspecified atom stereocenters. The fraction of sp³-hybridized carbons (Fsp3) is 0.200. The molecule has 5 nitrogen and oxygen atoms in total. The Morgan fingerprint density at radius 3 is 2.81 bits per heavy atom. The van der Waals surface area contributed by atoms with E-state index in [2.05, 4.69) is 17.1 Å². The molecule has 6 heteroatoms. The lowest BCUT2D eigenvalue weighted by Crippen LogP contribution is -2.27. The van der Waals surface area contributed by atoms with Crippen molar-refractivity contribution in [1.29, 1.82) is 0 Å². The number of benzene rings is 2. The molecule has 0 heterocycles. The van der Waals surface area contributed by atoms with Gasteiger partial charge in [0.1, 0.15) is 18.1 Å². The molecule has 0 fully saturated rings. The van der Waals surface area contributed by atoms with Crippen molar-refractivity contribution in [3.63, 3.8) is 0 Å². The molecule has 0 aliphatic carbocycles. The van der Waals surface area contributed by atoms with Gasteiger partial charge in [-0.15, -0.1) is 11.8 Å². The zero-order valence-corrected chi connectivity index (χ0v) is 15.4. The molecule has 0 bridgehead atoms. The van der Waals surface area contributed by atoms with Gasteiger partial charge in [0, 0.05) is 17.4 Å². The van der Waals surface area contributed by atoms with Crippen LogP contribution in [-0.2, 0) is 10.5 Å². The van der Waals surface area contributed by atoms with Crippen LogP contribution >= 0.6 is 11.8 Å². The Morgan fingerprint density at radius 1 is 1.35 bits per heavy atom. The summed E-state index contributed by atoms with van der Waals surface area (Å²) in [5.74, 6) is 1.13. The number of hydrogen-bond acceptors (Lipinski definition) is 5. The lowest BCUT2D eigenvalue weighted by atomic mass is 10.2. The SMILES string of the molecule is C=CCOc1ccc(/C=N\NC(=O)[C@H](C)SCc2ccccc2)c(O)c1. The van der Waals surface area contributed by atoms with E-state index in [4.69, 9.17) is 4.74 Å². The Bertz CT molecular complexity index is 763. The van der Waals surface area contributed by atoms with E-state index in [1.807, 2.05) is 37.3 Å². The van der Waals surface area contributed by atoms with Crippen LogP contribution in [0.5, 0.6) is 11.5 Å². The molecule has 0 radical (unpaired) electrons. The number of carbonyl (C=O) groups excluding carboxylic acids is 1. The maximum Gasteiger partial charge on any atom is 0.252 e. The number of amides is 1. The van der Waals surface area contributed by atoms with Crippen LogP contribution in [0.15, 0.2) is 66.3 Å². The minimum atomic E-state index is -0.240. The third-order valence-corrected chi connectivity index (χ3v) is 4.67. The van der Waals surface area contributed by atoms with E-state index in [0.29, 0.717) is 17.9 Å². The fourth-order valence-corrected chi connectivity index (χ4v) is 2.84. The van der Waals surface area contributed by atoms with Gasteiger partial charge in [-0.2, -0.15) is 5.10 Å².